The van der Waals surface area contributed by atoms with Gasteiger partial charge in [0.25, 0.3) is 0 Å². The quantitative estimate of drug-likeness (QED) is 0.0812. The largest absolute Gasteiger partial charge is 0.481 e. The summed E-state index contributed by atoms with van der Waals surface area (Å²) in [5.41, 5.74) is -0.860. The molecule has 0 aliphatic rings. The van der Waals surface area contributed by atoms with Crippen molar-refractivity contribution in [2.45, 2.75) is 109 Å². The Hall–Kier alpha value is -1.30. The van der Waals surface area contributed by atoms with Gasteiger partial charge >= 0.3 is 11.9 Å². The average Bonchev–Trinajstić information content (AvgIpc) is 2.97. The van der Waals surface area contributed by atoms with E-state index in [-0.39, 0.29) is 6.42 Å². The van der Waals surface area contributed by atoms with Crippen LogP contribution in [0, 0.1) is 5.41 Å². The standard InChI is InChI=1S/C32H62O10/c1-37-22-24-41-28-26-39-20-18-32(31(35)36,19-21-40-27-29-42-25-23-38-2)17-15-13-11-9-7-5-3-4-6-8-10-12-14-16-30(33)34/h3-29H2,1-2H3,(H,33,34)(H,35,36). The monoisotopic (exact) mass is 606 g/mol. The highest BCUT2D eigenvalue weighted by molar-refractivity contribution is 5.74. The highest BCUT2D eigenvalue weighted by atomic mass is 16.5. The molecule has 0 bridgehead atoms. The number of carbonyl (C=O) groups is 2. The highest BCUT2D eigenvalue weighted by Crippen LogP contribution is 2.34. The van der Waals surface area contributed by atoms with Crippen LogP contribution in [0.5, 0.6) is 0 Å². The minimum atomic E-state index is -0.860. The van der Waals surface area contributed by atoms with Crippen LogP contribution >= 0.6 is 0 Å². The fraction of sp³-hybridized carbons (Fsp3) is 0.938. The van der Waals surface area contributed by atoms with E-state index in [1.807, 2.05) is 0 Å². The van der Waals surface area contributed by atoms with E-state index < -0.39 is 17.4 Å². The Morgan fingerprint density at radius 3 is 1.14 bits per heavy atom. The van der Waals surface area contributed by atoms with Crippen molar-refractivity contribution in [2.75, 3.05) is 80.3 Å². The van der Waals surface area contributed by atoms with Crippen molar-refractivity contribution in [1.29, 1.82) is 0 Å². The lowest BCUT2D eigenvalue weighted by atomic mass is 9.77. The van der Waals surface area contributed by atoms with Crippen LogP contribution in [0.3, 0.4) is 0 Å². The molecule has 0 aromatic heterocycles. The van der Waals surface area contributed by atoms with Crippen LogP contribution in [0.1, 0.15) is 109 Å². The van der Waals surface area contributed by atoms with Crippen LogP contribution in [-0.2, 0) is 38.0 Å². The Kier molecular flexibility index (Phi) is 30.2. The van der Waals surface area contributed by atoms with E-state index in [0.717, 1.165) is 38.5 Å². The number of rotatable bonds is 35. The second kappa shape index (κ2) is 31.1. The lowest BCUT2D eigenvalue weighted by molar-refractivity contribution is -0.152. The molecule has 10 heteroatoms. The molecule has 0 aliphatic heterocycles. The lowest BCUT2D eigenvalue weighted by Gasteiger charge is -2.29. The van der Waals surface area contributed by atoms with E-state index in [2.05, 4.69) is 0 Å². The molecular formula is C32H62O10. The number of unbranched alkanes of at least 4 members (excludes halogenated alkanes) is 12. The summed E-state index contributed by atoms with van der Waals surface area (Å²) in [4.78, 5) is 23.0. The molecule has 2 N–H and O–H groups in total. The average molecular weight is 607 g/mol. The summed E-state index contributed by atoms with van der Waals surface area (Å²) >= 11 is 0. The Balaban J connectivity index is 4.24. The predicted octanol–water partition coefficient (Wildman–Crippen LogP) is 6.13. The normalized spacial score (nSPS) is 11.8. The molecule has 0 heterocycles. The van der Waals surface area contributed by atoms with E-state index in [1.165, 1.54) is 44.9 Å². The maximum absolute atomic E-state index is 12.5. The molecule has 0 rings (SSSR count). The molecule has 0 aliphatic carbocycles. The van der Waals surface area contributed by atoms with Gasteiger partial charge in [-0.05, 0) is 25.7 Å². The molecular weight excluding hydrogens is 544 g/mol. The van der Waals surface area contributed by atoms with Crippen LogP contribution in [0.25, 0.3) is 0 Å². The summed E-state index contributed by atoms with van der Waals surface area (Å²) in [5.74, 6) is -1.47. The van der Waals surface area contributed by atoms with Gasteiger partial charge in [-0.15, -0.1) is 0 Å². The number of hydrogen-bond donors (Lipinski definition) is 2. The molecule has 0 amide bonds. The van der Waals surface area contributed by atoms with Gasteiger partial charge in [-0.25, -0.2) is 0 Å². The third-order valence-electron chi connectivity index (χ3n) is 7.56. The topological polar surface area (TPSA) is 130 Å². The number of carboxylic acids is 2. The molecule has 250 valence electrons. The summed E-state index contributed by atoms with van der Waals surface area (Å²) in [6.07, 6.45) is 16.4. The molecule has 10 nitrogen and oxygen atoms in total. The minimum absolute atomic E-state index is 0.290. The van der Waals surface area contributed by atoms with Crippen LogP contribution in [-0.4, -0.2) is 102 Å². The number of aliphatic carboxylic acids is 2. The van der Waals surface area contributed by atoms with Gasteiger partial charge in [0.1, 0.15) is 0 Å². The van der Waals surface area contributed by atoms with Crippen LogP contribution < -0.4 is 0 Å². The van der Waals surface area contributed by atoms with E-state index in [0.29, 0.717) is 85.3 Å². The molecule has 0 saturated heterocycles. The van der Waals surface area contributed by atoms with Gasteiger partial charge < -0.3 is 38.6 Å². The van der Waals surface area contributed by atoms with Gasteiger partial charge in [0.05, 0.1) is 58.3 Å². The zero-order valence-corrected chi connectivity index (χ0v) is 26.8. The second-order valence-electron chi connectivity index (χ2n) is 11.0. The van der Waals surface area contributed by atoms with Crippen molar-refractivity contribution in [2.24, 2.45) is 5.41 Å². The lowest BCUT2D eigenvalue weighted by Crippen LogP contribution is -2.34. The molecule has 0 radical (unpaired) electrons. The first-order valence-electron chi connectivity index (χ1n) is 16.2. The van der Waals surface area contributed by atoms with Gasteiger partial charge in [0, 0.05) is 33.9 Å². The van der Waals surface area contributed by atoms with Crippen molar-refractivity contribution in [3.8, 4) is 0 Å². The summed E-state index contributed by atoms with van der Waals surface area (Å²) in [6.45, 7) is 4.66. The van der Waals surface area contributed by atoms with Gasteiger partial charge in [-0.3, -0.25) is 9.59 Å². The van der Waals surface area contributed by atoms with Gasteiger partial charge in [-0.2, -0.15) is 0 Å². The van der Waals surface area contributed by atoms with Crippen LogP contribution in [0.4, 0.5) is 0 Å². The highest BCUT2D eigenvalue weighted by Gasteiger charge is 2.37. The summed E-state index contributed by atoms with van der Waals surface area (Å²) in [6, 6.07) is 0. The van der Waals surface area contributed by atoms with Gasteiger partial charge in [0.2, 0.25) is 0 Å². The summed E-state index contributed by atoms with van der Waals surface area (Å²) in [5, 5.41) is 18.9. The third kappa shape index (κ3) is 26.3. The molecule has 0 fully saturated rings. The van der Waals surface area contributed by atoms with Gasteiger partial charge in [0.15, 0.2) is 0 Å². The Labute approximate surface area is 255 Å². The van der Waals surface area contributed by atoms with E-state index >= 15 is 0 Å². The smallest absolute Gasteiger partial charge is 0.309 e. The number of methoxy groups -OCH3 is 2. The fourth-order valence-electron chi connectivity index (χ4n) is 4.84. The van der Waals surface area contributed by atoms with E-state index in [1.54, 1.807) is 14.2 Å². The number of ether oxygens (including phenoxy) is 6. The first-order chi connectivity index (χ1) is 20.5. The maximum Gasteiger partial charge on any atom is 0.309 e. The molecule has 0 aromatic rings. The van der Waals surface area contributed by atoms with Crippen molar-refractivity contribution in [3.05, 3.63) is 0 Å². The Morgan fingerprint density at radius 2 is 0.786 bits per heavy atom. The van der Waals surface area contributed by atoms with Crippen LogP contribution in [0.2, 0.25) is 0 Å². The Morgan fingerprint density at radius 1 is 0.452 bits per heavy atom. The minimum Gasteiger partial charge on any atom is -0.481 e. The summed E-state index contributed by atoms with van der Waals surface area (Å²) in [7, 11) is 3.26. The van der Waals surface area contributed by atoms with Gasteiger partial charge in [-0.1, -0.05) is 77.0 Å². The van der Waals surface area contributed by atoms with E-state index in [4.69, 9.17) is 33.5 Å². The van der Waals surface area contributed by atoms with E-state index in [9.17, 15) is 14.7 Å². The molecule has 0 unspecified atom stereocenters. The maximum atomic E-state index is 12.5. The predicted molar refractivity (Wildman–Crippen MR) is 163 cm³/mol. The van der Waals surface area contributed by atoms with Crippen molar-refractivity contribution < 1.29 is 48.2 Å². The molecule has 0 atom stereocenters. The zero-order valence-electron chi connectivity index (χ0n) is 26.8. The molecule has 42 heavy (non-hydrogen) atoms. The first-order valence-corrected chi connectivity index (χ1v) is 16.2. The SMILES string of the molecule is COCCOCCOCCC(CCCCCCCCCCCCCCCC(=O)O)(CCOCCOCCOC)C(=O)O. The Bertz CT molecular complexity index is 582. The summed E-state index contributed by atoms with van der Waals surface area (Å²) < 4.78 is 32.2. The van der Waals surface area contributed by atoms with Crippen molar-refractivity contribution in [1.82, 2.24) is 0 Å². The molecule has 0 spiro atoms. The number of carboxylic acid groups (broad SMARTS) is 2. The van der Waals surface area contributed by atoms with Crippen molar-refractivity contribution >= 4 is 11.9 Å². The molecule has 0 saturated carbocycles. The number of hydrogen-bond acceptors (Lipinski definition) is 8. The fourth-order valence-corrected chi connectivity index (χ4v) is 4.84. The second-order valence-corrected chi connectivity index (χ2v) is 11.0. The third-order valence-corrected chi connectivity index (χ3v) is 7.56. The first kappa shape index (κ1) is 40.7. The van der Waals surface area contributed by atoms with Crippen LogP contribution in [0.15, 0.2) is 0 Å². The zero-order chi connectivity index (χ0) is 31.0. The van der Waals surface area contributed by atoms with Crippen molar-refractivity contribution in [3.63, 3.8) is 0 Å². The molecule has 0 aromatic carbocycles.